The lowest BCUT2D eigenvalue weighted by Crippen LogP contribution is -2.44. The number of carbonyl (C=O) groups is 1. The van der Waals surface area contributed by atoms with Crippen LogP contribution in [0.1, 0.15) is 21.5 Å². The first-order valence-corrected chi connectivity index (χ1v) is 9.71. The standard InChI is InChI=1S/C22H26N2O4/c1-27-19-6-7-20-21(12-19)28-11-10-24(22(20)26)15-18(25)14-23-9-8-16-4-2-3-5-17(16)13-23/h2-7,12,18,25H,8-11,13-15H2,1H3. The molecule has 28 heavy (non-hydrogen) atoms. The highest BCUT2D eigenvalue weighted by Gasteiger charge is 2.27. The van der Waals surface area contributed by atoms with E-state index in [1.165, 1.54) is 11.1 Å². The molecule has 2 aromatic carbocycles. The molecule has 0 fully saturated rings. The summed E-state index contributed by atoms with van der Waals surface area (Å²) in [6, 6.07) is 13.7. The molecule has 0 bridgehead atoms. The third kappa shape index (κ3) is 3.98. The van der Waals surface area contributed by atoms with E-state index >= 15 is 0 Å². The Balaban J connectivity index is 1.39. The lowest BCUT2D eigenvalue weighted by Gasteiger charge is -2.32. The molecule has 2 aliphatic rings. The summed E-state index contributed by atoms with van der Waals surface area (Å²) >= 11 is 0. The Hall–Kier alpha value is -2.57. The van der Waals surface area contributed by atoms with E-state index in [-0.39, 0.29) is 5.91 Å². The lowest BCUT2D eigenvalue weighted by atomic mass is 10.00. The first kappa shape index (κ1) is 18.8. The van der Waals surface area contributed by atoms with Crippen molar-refractivity contribution in [2.75, 3.05) is 39.9 Å². The van der Waals surface area contributed by atoms with Gasteiger partial charge in [0.2, 0.25) is 0 Å². The van der Waals surface area contributed by atoms with Crippen LogP contribution in [0.2, 0.25) is 0 Å². The Labute approximate surface area is 165 Å². The molecule has 1 atom stereocenters. The summed E-state index contributed by atoms with van der Waals surface area (Å²) in [6.45, 7) is 3.46. The maximum atomic E-state index is 12.9. The summed E-state index contributed by atoms with van der Waals surface area (Å²) in [6.07, 6.45) is 0.392. The number of aliphatic hydroxyl groups is 1. The van der Waals surface area contributed by atoms with Crippen LogP contribution in [0.5, 0.6) is 11.5 Å². The van der Waals surface area contributed by atoms with Crippen LogP contribution in [0.15, 0.2) is 42.5 Å². The first-order valence-electron chi connectivity index (χ1n) is 9.71. The van der Waals surface area contributed by atoms with Crippen LogP contribution < -0.4 is 9.47 Å². The molecule has 0 radical (unpaired) electrons. The number of carbonyl (C=O) groups excluding carboxylic acids is 1. The third-order valence-corrected chi connectivity index (χ3v) is 5.43. The zero-order valence-corrected chi connectivity index (χ0v) is 16.1. The summed E-state index contributed by atoms with van der Waals surface area (Å²) in [5.74, 6) is 1.08. The van der Waals surface area contributed by atoms with E-state index in [4.69, 9.17) is 9.47 Å². The molecule has 0 aromatic heterocycles. The van der Waals surface area contributed by atoms with Gasteiger partial charge in [0.25, 0.3) is 5.91 Å². The smallest absolute Gasteiger partial charge is 0.257 e. The van der Waals surface area contributed by atoms with Crippen molar-refractivity contribution >= 4 is 5.91 Å². The van der Waals surface area contributed by atoms with Crippen molar-refractivity contribution in [2.45, 2.75) is 19.1 Å². The van der Waals surface area contributed by atoms with Crippen LogP contribution in [0.3, 0.4) is 0 Å². The summed E-state index contributed by atoms with van der Waals surface area (Å²) in [4.78, 5) is 16.8. The van der Waals surface area contributed by atoms with Gasteiger partial charge in [-0.25, -0.2) is 0 Å². The minimum Gasteiger partial charge on any atom is -0.497 e. The summed E-state index contributed by atoms with van der Waals surface area (Å²) < 4.78 is 10.9. The van der Waals surface area contributed by atoms with Crippen molar-refractivity contribution in [3.8, 4) is 11.5 Å². The number of hydrogen-bond donors (Lipinski definition) is 1. The fourth-order valence-corrected chi connectivity index (χ4v) is 3.96. The number of fused-ring (bicyclic) bond motifs is 2. The van der Waals surface area contributed by atoms with E-state index in [2.05, 4.69) is 29.2 Å². The molecule has 6 nitrogen and oxygen atoms in total. The largest absolute Gasteiger partial charge is 0.497 e. The van der Waals surface area contributed by atoms with Crippen molar-refractivity contribution < 1.29 is 19.4 Å². The number of amides is 1. The second-order valence-corrected chi connectivity index (χ2v) is 7.37. The molecule has 1 N–H and O–H groups in total. The van der Waals surface area contributed by atoms with Crippen molar-refractivity contribution in [3.63, 3.8) is 0 Å². The molecule has 1 amide bonds. The minimum absolute atomic E-state index is 0.113. The quantitative estimate of drug-likeness (QED) is 0.857. The number of aliphatic hydroxyl groups excluding tert-OH is 1. The zero-order chi connectivity index (χ0) is 19.5. The third-order valence-electron chi connectivity index (χ3n) is 5.43. The van der Waals surface area contributed by atoms with E-state index in [1.807, 2.05) is 0 Å². The van der Waals surface area contributed by atoms with Crippen molar-refractivity contribution in [3.05, 3.63) is 59.2 Å². The highest BCUT2D eigenvalue weighted by molar-refractivity contribution is 5.97. The molecule has 0 spiro atoms. The molecule has 2 aromatic rings. The van der Waals surface area contributed by atoms with Crippen LogP contribution in [-0.2, 0) is 13.0 Å². The van der Waals surface area contributed by atoms with Gasteiger partial charge in [-0.3, -0.25) is 9.69 Å². The van der Waals surface area contributed by atoms with Gasteiger partial charge in [-0.2, -0.15) is 0 Å². The predicted octanol–water partition coefficient (Wildman–Crippen LogP) is 1.95. The second kappa shape index (κ2) is 8.20. The summed E-state index contributed by atoms with van der Waals surface area (Å²) in [5.41, 5.74) is 3.22. The van der Waals surface area contributed by atoms with Gasteiger partial charge in [-0.15, -0.1) is 0 Å². The fourth-order valence-electron chi connectivity index (χ4n) is 3.96. The van der Waals surface area contributed by atoms with Gasteiger partial charge in [0.15, 0.2) is 0 Å². The number of rotatable bonds is 5. The average molecular weight is 382 g/mol. The van der Waals surface area contributed by atoms with E-state index in [0.29, 0.717) is 43.3 Å². The molecular formula is C22H26N2O4. The zero-order valence-electron chi connectivity index (χ0n) is 16.1. The maximum Gasteiger partial charge on any atom is 0.257 e. The fraction of sp³-hybridized carbons (Fsp3) is 0.409. The van der Waals surface area contributed by atoms with Crippen molar-refractivity contribution in [2.24, 2.45) is 0 Å². The molecule has 1 unspecified atom stereocenters. The van der Waals surface area contributed by atoms with Gasteiger partial charge in [-0.05, 0) is 29.7 Å². The Kier molecular flexibility index (Phi) is 5.50. The van der Waals surface area contributed by atoms with Crippen LogP contribution >= 0.6 is 0 Å². The number of methoxy groups -OCH3 is 1. The normalized spacial score (nSPS) is 17.9. The summed E-state index contributed by atoms with van der Waals surface area (Å²) in [7, 11) is 1.59. The van der Waals surface area contributed by atoms with Crippen LogP contribution in [0.25, 0.3) is 0 Å². The topological polar surface area (TPSA) is 62.2 Å². The molecule has 2 aliphatic heterocycles. The summed E-state index contributed by atoms with van der Waals surface area (Å²) in [5, 5.41) is 10.6. The van der Waals surface area contributed by atoms with Gasteiger partial charge in [0.05, 0.1) is 25.3 Å². The lowest BCUT2D eigenvalue weighted by molar-refractivity contribution is 0.0501. The first-order chi connectivity index (χ1) is 13.6. The number of ether oxygens (including phenoxy) is 2. The van der Waals surface area contributed by atoms with Gasteiger partial charge < -0.3 is 19.5 Å². The number of hydrogen-bond acceptors (Lipinski definition) is 5. The molecule has 4 rings (SSSR count). The molecule has 0 aliphatic carbocycles. The van der Waals surface area contributed by atoms with E-state index in [9.17, 15) is 9.90 Å². The van der Waals surface area contributed by atoms with E-state index in [1.54, 1.807) is 30.2 Å². The van der Waals surface area contributed by atoms with Crippen LogP contribution in [0, 0.1) is 0 Å². The minimum atomic E-state index is -0.603. The Bertz CT molecular complexity index is 854. The van der Waals surface area contributed by atoms with Crippen molar-refractivity contribution in [1.82, 2.24) is 9.80 Å². The molecule has 148 valence electrons. The monoisotopic (exact) mass is 382 g/mol. The Morgan fingerprint density at radius 2 is 1.96 bits per heavy atom. The van der Waals surface area contributed by atoms with E-state index < -0.39 is 6.10 Å². The van der Waals surface area contributed by atoms with Crippen LogP contribution in [0.4, 0.5) is 0 Å². The molecule has 0 saturated carbocycles. The maximum absolute atomic E-state index is 12.9. The van der Waals surface area contributed by atoms with Crippen molar-refractivity contribution in [1.29, 1.82) is 0 Å². The average Bonchev–Trinajstić information content (AvgIpc) is 2.86. The molecule has 0 saturated heterocycles. The van der Waals surface area contributed by atoms with Gasteiger partial charge >= 0.3 is 0 Å². The Morgan fingerprint density at radius 1 is 1.14 bits per heavy atom. The van der Waals surface area contributed by atoms with Gasteiger partial charge in [0, 0.05) is 32.2 Å². The highest BCUT2D eigenvalue weighted by Crippen LogP contribution is 2.28. The Morgan fingerprint density at radius 3 is 2.79 bits per heavy atom. The van der Waals surface area contributed by atoms with E-state index in [0.717, 1.165) is 19.5 Å². The number of nitrogens with zero attached hydrogens (tertiary/aromatic N) is 2. The van der Waals surface area contributed by atoms with Gasteiger partial charge in [-0.1, -0.05) is 24.3 Å². The molecule has 6 heteroatoms. The van der Waals surface area contributed by atoms with Crippen LogP contribution in [-0.4, -0.2) is 66.8 Å². The number of β-amino-alcohol motifs (C(OH)–C–C–N with tert-alkyl or cyclic N) is 1. The number of benzene rings is 2. The highest BCUT2D eigenvalue weighted by atomic mass is 16.5. The molecule has 2 heterocycles. The molecular weight excluding hydrogens is 356 g/mol. The van der Waals surface area contributed by atoms with Gasteiger partial charge in [0.1, 0.15) is 18.1 Å². The SMILES string of the molecule is COc1ccc2c(c1)OCCN(CC(O)CN1CCc3ccccc3C1)C2=O. The second-order valence-electron chi connectivity index (χ2n) is 7.37. The predicted molar refractivity (Wildman–Crippen MR) is 106 cm³/mol.